The van der Waals surface area contributed by atoms with Crippen LogP contribution in [0, 0.1) is 0 Å². The Bertz CT molecular complexity index is 1030. The third-order valence-corrected chi connectivity index (χ3v) is 6.91. The number of hydrogen-bond donors (Lipinski definition) is 1. The van der Waals surface area contributed by atoms with E-state index in [9.17, 15) is 4.79 Å². The number of anilines is 2. The van der Waals surface area contributed by atoms with Crippen molar-refractivity contribution in [1.82, 2.24) is 15.0 Å². The molecule has 6 nitrogen and oxygen atoms in total. The van der Waals surface area contributed by atoms with Crippen molar-refractivity contribution in [3.63, 3.8) is 0 Å². The second-order valence-corrected chi connectivity index (χ2v) is 9.41. The van der Waals surface area contributed by atoms with Crippen molar-refractivity contribution in [1.29, 1.82) is 0 Å². The molecule has 1 unspecified atom stereocenters. The van der Waals surface area contributed by atoms with Gasteiger partial charge in [0.15, 0.2) is 0 Å². The monoisotopic (exact) mass is 449 g/mol. The van der Waals surface area contributed by atoms with E-state index < -0.39 is 0 Å². The number of pyridine rings is 2. The van der Waals surface area contributed by atoms with Gasteiger partial charge in [0.2, 0.25) is 0 Å². The first-order valence-electron chi connectivity index (χ1n) is 11.4. The van der Waals surface area contributed by atoms with Gasteiger partial charge in [-0.15, -0.1) is 11.3 Å². The lowest BCUT2D eigenvalue weighted by atomic mass is 9.98. The summed E-state index contributed by atoms with van der Waals surface area (Å²) in [5, 5.41) is 6.54. The van der Waals surface area contributed by atoms with Crippen molar-refractivity contribution in [2.45, 2.75) is 50.9 Å². The molecular weight excluding hydrogens is 418 g/mol. The zero-order valence-corrected chi connectivity index (χ0v) is 19.7. The number of rotatable bonds is 10. The summed E-state index contributed by atoms with van der Waals surface area (Å²) >= 11 is 1.64. The zero-order valence-electron chi connectivity index (χ0n) is 18.9. The van der Waals surface area contributed by atoms with Gasteiger partial charge < -0.3 is 15.0 Å². The molecule has 0 bridgehead atoms. The number of hydrogen-bond acceptors (Lipinski definition) is 7. The Kier molecular flexibility index (Phi) is 7.47. The summed E-state index contributed by atoms with van der Waals surface area (Å²) in [4.78, 5) is 27.4. The average molecular weight is 450 g/mol. The molecule has 0 aliphatic carbocycles. The molecule has 7 heteroatoms. The van der Waals surface area contributed by atoms with Crippen LogP contribution in [-0.4, -0.2) is 41.9 Å². The SMILES string of the molecule is CN(C)c1ccc(C(CC=O)c2nc(CCCCc3ccc4c(n3)NCCC4)cs2)cn1. The Morgan fingerprint density at radius 3 is 2.72 bits per heavy atom. The lowest BCUT2D eigenvalue weighted by molar-refractivity contribution is -0.108. The molecule has 3 aromatic heterocycles. The van der Waals surface area contributed by atoms with Crippen LogP contribution in [0.15, 0.2) is 35.8 Å². The number of thiazole rings is 1. The van der Waals surface area contributed by atoms with E-state index in [1.54, 1.807) is 11.3 Å². The molecule has 0 saturated carbocycles. The van der Waals surface area contributed by atoms with Crippen LogP contribution in [-0.2, 0) is 24.1 Å². The normalized spacial score (nSPS) is 13.8. The lowest BCUT2D eigenvalue weighted by Crippen LogP contribution is -2.14. The van der Waals surface area contributed by atoms with Crippen LogP contribution in [0.1, 0.15) is 59.1 Å². The highest BCUT2D eigenvalue weighted by molar-refractivity contribution is 7.09. The Morgan fingerprint density at radius 2 is 1.97 bits per heavy atom. The minimum Gasteiger partial charge on any atom is -0.370 e. The number of aromatic nitrogens is 3. The summed E-state index contributed by atoms with van der Waals surface area (Å²) in [6, 6.07) is 8.44. The van der Waals surface area contributed by atoms with E-state index in [2.05, 4.69) is 33.9 Å². The molecule has 4 rings (SSSR count). The highest BCUT2D eigenvalue weighted by atomic mass is 32.1. The van der Waals surface area contributed by atoms with Gasteiger partial charge in [-0.2, -0.15) is 0 Å². The quantitative estimate of drug-likeness (QED) is 0.359. The van der Waals surface area contributed by atoms with Crippen molar-refractivity contribution >= 4 is 29.3 Å². The number of aldehydes is 1. The van der Waals surface area contributed by atoms with Gasteiger partial charge in [0.1, 0.15) is 22.9 Å². The van der Waals surface area contributed by atoms with Crippen LogP contribution in [0.25, 0.3) is 0 Å². The van der Waals surface area contributed by atoms with E-state index in [4.69, 9.17) is 9.97 Å². The van der Waals surface area contributed by atoms with E-state index in [-0.39, 0.29) is 5.92 Å². The van der Waals surface area contributed by atoms with Crippen LogP contribution >= 0.6 is 11.3 Å². The molecule has 168 valence electrons. The number of unbranched alkanes of at least 4 members (excludes halogenated alkanes) is 1. The molecular formula is C25H31N5OS. The molecule has 4 heterocycles. The standard InChI is InChI=1S/C25H31N5OS/c1-30(2)23-12-10-19(16-27-23)22(13-15-31)25-29-21(17-32-25)8-4-3-7-20-11-9-18-6-5-14-26-24(18)28-20/h9-12,15-17,22H,3-8,13-14H2,1-2H3,(H,26,28). The minimum atomic E-state index is -0.0258. The highest BCUT2D eigenvalue weighted by Crippen LogP contribution is 2.30. The highest BCUT2D eigenvalue weighted by Gasteiger charge is 2.18. The summed E-state index contributed by atoms with van der Waals surface area (Å²) in [6.45, 7) is 1.02. The van der Waals surface area contributed by atoms with E-state index >= 15 is 0 Å². The molecule has 0 amide bonds. The Morgan fingerprint density at radius 1 is 1.12 bits per heavy atom. The Hall–Kier alpha value is -2.80. The first-order chi connectivity index (χ1) is 15.6. The predicted octanol–water partition coefficient (Wildman–Crippen LogP) is 4.64. The van der Waals surface area contributed by atoms with Gasteiger partial charge in [0.25, 0.3) is 0 Å². The molecule has 1 N–H and O–H groups in total. The summed E-state index contributed by atoms with van der Waals surface area (Å²) in [5.41, 5.74) is 4.65. The average Bonchev–Trinajstić information content (AvgIpc) is 3.29. The summed E-state index contributed by atoms with van der Waals surface area (Å²) in [5.74, 6) is 1.96. The summed E-state index contributed by atoms with van der Waals surface area (Å²) in [6.07, 6.45) is 9.69. The van der Waals surface area contributed by atoms with E-state index in [0.717, 1.165) is 78.5 Å². The van der Waals surface area contributed by atoms with Crippen molar-refractivity contribution in [3.8, 4) is 0 Å². The van der Waals surface area contributed by atoms with Gasteiger partial charge >= 0.3 is 0 Å². The van der Waals surface area contributed by atoms with Crippen LogP contribution in [0.2, 0.25) is 0 Å². The van der Waals surface area contributed by atoms with Crippen molar-refractivity contribution < 1.29 is 4.79 Å². The van der Waals surface area contributed by atoms with Crippen LogP contribution < -0.4 is 10.2 Å². The number of fused-ring (bicyclic) bond motifs is 1. The number of nitrogens with zero attached hydrogens (tertiary/aromatic N) is 4. The summed E-state index contributed by atoms with van der Waals surface area (Å²) in [7, 11) is 3.94. The Balaban J connectivity index is 1.32. The Labute approximate surface area is 194 Å². The van der Waals surface area contributed by atoms with Gasteiger partial charge in [-0.1, -0.05) is 12.1 Å². The van der Waals surface area contributed by atoms with E-state index in [1.165, 1.54) is 12.0 Å². The first kappa shape index (κ1) is 22.4. The lowest BCUT2D eigenvalue weighted by Gasteiger charge is -2.17. The van der Waals surface area contributed by atoms with Crippen molar-refractivity contribution in [2.24, 2.45) is 0 Å². The maximum absolute atomic E-state index is 11.3. The maximum atomic E-state index is 11.3. The smallest absolute Gasteiger partial charge is 0.129 e. The molecule has 3 aromatic rings. The molecule has 0 fully saturated rings. The third-order valence-electron chi connectivity index (χ3n) is 5.90. The molecule has 0 aromatic carbocycles. The van der Waals surface area contributed by atoms with Crippen molar-refractivity contribution in [3.05, 3.63) is 63.4 Å². The van der Waals surface area contributed by atoms with Gasteiger partial charge in [-0.3, -0.25) is 0 Å². The predicted molar refractivity (Wildman–Crippen MR) is 131 cm³/mol. The van der Waals surface area contributed by atoms with Gasteiger partial charge in [0.05, 0.1) is 5.69 Å². The number of carbonyl (C=O) groups is 1. The second kappa shape index (κ2) is 10.7. The fraction of sp³-hybridized carbons (Fsp3) is 0.440. The second-order valence-electron chi connectivity index (χ2n) is 8.52. The van der Waals surface area contributed by atoms with Crippen LogP contribution in [0.3, 0.4) is 0 Å². The molecule has 0 spiro atoms. The van der Waals surface area contributed by atoms with Gasteiger partial charge in [-0.25, -0.2) is 15.0 Å². The molecule has 1 aliphatic heterocycles. The molecule has 0 radical (unpaired) electrons. The van der Waals surface area contributed by atoms with E-state index in [0.29, 0.717) is 6.42 Å². The maximum Gasteiger partial charge on any atom is 0.129 e. The summed E-state index contributed by atoms with van der Waals surface area (Å²) < 4.78 is 0. The molecule has 1 aliphatic rings. The fourth-order valence-corrected chi connectivity index (χ4v) is 5.06. The third kappa shape index (κ3) is 5.51. The zero-order chi connectivity index (χ0) is 22.3. The largest absolute Gasteiger partial charge is 0.370 e. The number of aryl methyl sites for hydroxylation is 3. The number of carbonyl (C=O) groups excluding carboxylic acids is 1. The van der Waals surface area contributed by atoms with Crippen LogP contribution in [0.4, 0.5) is 11.6 Å². The molecule has 1 atom stereocenters. The van der Waals surface area contributed by atoms with Crippen molar-refractivity contribution in [2.75, 3.05) is 30.9 Å². The van der Waals surface area contributed by atoms with Gasteiger partial charge in [-0.05, 0) is 61.8 Å². The minimum absolute atomic E-state index is 0.0258. The first-order valence-corrected chi connectivity index (χ1v) is 12.3. The van der Waals surface area contributed by atoms with Gasteiger partial charge in [0, 0.05) is 50.2 Å². The van der Waals surface area contributed by atoms with Crippen LogP contribution in [0.5, 0.6) is 0 Å². The molecule has 32 heavy (non-hydrogen) atoms. The topological polar surface area (TPSA) is 71.0 Å². The fourth-order valence-electron chi connectivity index (χ4n) is 4.06. The molecule has 0 saturated heterocycles. The number of nitrogens with one attached hydrogen (secondary N) is 1. The van der Waals surface area contributed by atoms with E-state index in [1.807, 2.05) is 31.3 Å².